The van der Waals surface area contributed by atoms with E-state index in [4.69, 9.17) is 22.3 Å². The number of hydrogen-bond acceptors (Lipinski definition) is 4. The van der Waals surface area contributed by atoms with Gasteiger partial charge in [0.15, 0.2) is 0 Å². The van der Waals surface area contributed by atoms with Crippen LogP contribution in [-0.2, 0) is 19.1 Å². The maximum absolute atomic E-state index is 10.8. The van der Waals surface area contributed by atoms with Crippen LogP contribution in [0.2, 0.25) is 0 Å². The van der Waals surface area contributed by atoms with Crippen LogP contribution in [0.4, 0.5) is 0 Å². The van der Waals surface area contributed by atoms with Gasteiger partial charge >= 0.3 is 11.9 Å². The van der Waals surface area contributed by atoms with Gasteiger partial charge in [0.1, 0.15) is 0 Å². The van der Waals surface area contributed by atoms with Crippen LogP contribution in [0.25, 0.3) is 0 Å². The minimum atomic E-state index is -1.09. The molecule has 0 aliphatic carbocycles. The van der Waals surface area contributed by atoms with Crippen LogP contribution < -0.4 is 0 Å². The van der Waals surface area contributed by atoms with E-state index in [9.17, 15) is 9.59 Å². The Labute approximate surface area is 88.9 Å². The summed E-state index contributed by atoms with van der Waals surface area (Å²) in [7, 11) is 0. The maximum Gasteiger partial charge on any atom is 0.387 e. The molecule has 0 aromatic heterocycles. The summed E-state index contributed by atoms with van der Waals surface area (Å²) in [5.74, 6) is 1.70. The number of carbonyl (C=O) groups is 2. The van der Waals surface area contributed by atoms with Crippen molar-refractivity contribution in [2.75, 3.05) is 0 Å². The third-order valence-electron chi connectivity index (χ3n) is 1.37. The monoisotopic (exact) mass is 208 g/mol. The lowest BCUT2D eigenvalue weighted by Gasteiger charge is -2.27. The van der Waals surface area contributed by atoms with E-state index in [1.807, 2.05) is 0 Å². The summed E-state index contributed by atoms with van der Waals surface area (Å²) in [6.45, 7) is 5.14. The topological polar surface area (TPSA) is 52.6 Å². The predicted molar refractivity (Wildman–Crippen MR) is 53.1 cm³/mol. The van der Waals surface area contributed by atoms with E-state index in [0.717, 1.165) is 0 Å². The van der Waals surface area contributed by atoms with E-state index in [-0.39, 0.29) is 0 Å². The standard InChI is InChI=1S/C11H12O4/c1-6-8(12)14-10(11(3,4)5)15-9(13)7-2/h1-2,10H,3-5H3. The fraction of sp³-hybridized carbons (Fsp3) is 0.455. The third-order valence-corrected chi connectivity index (χ3v) is 1.37. The van der Waals surface area contributed by atoms with Crippen LogP contribution in [0.3, 0.4) is 0 Å². The van der Waals surface area contributed by atoms with Crippen molar-refractivity contribution in [3.63, 3.8) is 0 Å². The van der Waals surface area contributed by atoms with Crippen molar-refractivity contribution >= 4 is 11.9 Å². The number of carbonyl (C=O) groups excluding carboxylic acids is 2. The van der Waals surface area contributed by atoms with Gasteiger partial charge in [0, 0.05) is 17.3 Å². The fourth-order valence-corrected chi connectivity index (χ4v) is 0.640. The van der Waals surface area contributed by atoms with Gasteiger partial charge in [0.25, 0.3) is 6.29 Å². The second-order valence-electron chi connectivity index (χ2n) is 3.80. The van der Waals surface area contributed by atoms with Crippen LogP contribution in [-0.4, -0.2) is 18.2 Å². The Hall–Kier alpha value is -1.94. The summed E-state index contributed by atoms with van der Waals surface area (Å²) in [6.07, 6.45) is 8.55. The van der Waals surface area contributed by atoms with Crippen LogP contribution in [0, 0.1) is 30.1 Å². The van der Waals surface area contributed by atoms with Crippen LogP contribution >= 0.6 is 0 Å². The lowest BCUT2D eigenvalue weighted by atomic mass is 9.96. The Balaban J connectivity index is 4.64. The first-order chi connectivity index (χ1) is 6.81. The Morgan fingerprint density at radius 1 is 1.07 bits per heavy atom. The second-order valence-corrected chi connectivity index (χ2v) is 3.80. The Kier molecular flexibility index (Phi) is 4.41. The number of rotatable bonds is 2. The fourth-order valence-electron chi connectivity index (χ4n) is 0.640. The molecular weight excluding hydrogens is 196 g/mol. The van der Waals surface area contributed by atoms with Crippen molar-refractivity contribution in [1.82, 2.24) is 0 Å². The minimum absolute atomic E-state index is 0.598. The van der Waals surface area contributed by atoms with E-state index in [1.54, 1.807) is 32.6 Å². The SMILES string of the molecule is C#CC(=O)OC(OC(=O)C#C)C(C)(C)C. The van der Waals surface area contributed by atoms with Gasteiger partial charge in [-0.15, -0.1) is 12.8 Å². The molecule has 0 fully saturated rings. The van der Waals surface area contributed by atoms with E-state index in [1.165, 1.54) is 0 Å². The molecule has 0 aliphatic heterocycles. The summed E-state index contributed by atoms with van der Waals surface area (Å²) in [5.41, 5.74) is -0.598. The normalized spacial score (nSPS) is 10.0. The average molecular weight is 208 g/mol. The highest BCUT2D eigenvalue weighted by atomic mass is 16.7. The lowest BCUT2D eigenvalue weighted by molar-refractivity contribution is -0.199. The zero-order valence-electron chi connectivity index (χ0n) is 8.87. The summed E-state index contributed by atoms with van der Waals surface area (Å²) in [6, 6.07) is 0. The summed E-state index contributed by atoms with van der Waals surface area (Å²) in [4.78, 5) is 21.7. The third kappa shape index (κ3) is 4.73. The molecule has 0 unspecified atom stereocenters. The first-order valence-corrected chi connectivity index (χ1v) is 4.15. The molecule has 0 heterocycles. The van der Waals surface area contributed by atoms with Crippen molar-refractivity contribution in [3.8, 4) is 24.7 Å². The first kappa shape index (κ1) is 13.1. The number of esters is 2. The summed E-state index contributed by atoms with van der Waals surface area (Å²) >= 11 is 0. The highest BCUT2D eigenvalue weighted by Gasteiger charge is 2.31. The molecule has 0 spiro atoms. The van der Waals surface area contributed by atoms with Gasteiger partial charge in [-0.2, -0.15) is 0 Å². The largest absolute Gasteiger partial charge is 0.415 e. The van der Waals surface area contributed by atoms with Crippen molar-refractivity contribution in [1.29, 1.82) is 0 Å². The van der Waals surface area contributed by atoms with Gasteiger partial charge in [-0.3, -0.25) is 0 Å². The maximum atomic E-state index is 10.8. The zero-order chi connectivity index (χ0) is 12.1. The molecule has 0 aromatic rings. The molecule has 0 atom stereocenters. The average Bonchev–Trinajstić information content (AvgIpc) is 2.14. The molecule has 4 nitrogen and oxygen atoms in total. The molecule has 0 radical (unpaired) electrons. The van der Waals surface area contributed by atoms with Gasteiger partial charge in [0.2, 0.25) is 0 Å². The summed E-state index contributed by atoms with van der Waals surface area (Å²) in [5, 5.41) is 0. The quantitative estimate of drug-likeness (QED) is 0.290. The smallest absolute Gasteiger partial charge is 0.387 e. The molecule has 15 heavy (non-hydrogen) atoms. The second kappa shape index (κ2) is 5.07. The van der Waals surface area contributed by atoms with E-state index in [0.29, 0.717) is 0 Å². The van der Waals surface area contributed by atoms with Crippen molar-refractivity contribution in [2.45, 2.75) is 27.1 Å². The van der Waals surface area contributed by atoms with E-state index >= 15 is 0 Å². The van der Waals surface area contributed by atoms with Crippen LogP contribution in [0.5, 0.6) is 0 Å². The molecule has 0 aromatic carbocycles. The minimum Gasteiger partial charge on any atom is -0.415 e. The number of ether oxygens (including phenoxy) is 2. The van der Waals surface area contributed by atoms with Crippen molar-refractivity contribution in [3.05, 3.63) is 0 Å². The molecule has 0 saturated heterocycles. The van der Waals surface area contributed by atoms with E-state index < -0.39 is 23.6 Å². The molecule has 4 heteroatoms. The molecule has 0 saturated carbocycles. The number of hydrogen-bond donors (Lipinski definition) is 0. The first-order valence-electron chi connectivity index (χ1n) is 4.15. The Bertz CT molecular complexity index is 307. The number of terminal acetylenes is 2. The molecular formula is C11H12O4. The molecule has 0 aliphatic rings. The molecule has 0 amide bonds. The Morgan fingerprint density at radius 3 is 1.60 bits per heavy atom. The van der Waals surface area contributed by atoms with Gasteiger partial charge in [-0.1, -0.05) is 20.8 Å². The highest BCUT2D eigenvalue weighted by molar-refractivity contribution is 5.89. The van der Waals surface area contributed by atoms with Crippen molar-refractivity contribution in [2.24, 2.45) is 5.41 Å². The molecule has 0 bridgehead atoms. The lowest BCUT2D eigenvalue weighted by Crippen LogP contribution is -2.35. The van der Waals surface area contributed by atoms with Gasteiger partial charge in [-0.25, -0.2) is 9.59 Å². The predicted octanol–water partition coefficient (Wildman–Crippen LogP) is 0.711. The Morgan fingerprint density at radius 2 is 1.40 bits per heavy atom. The molecule has 80 valence electrons. The van der Waals surface area contributed by atoms with Crippen LogP contribution in [0.15, 0.2) is 0 Å². The van der Waals surface area contributed by atoms with Crippen molar-refractivity contribution < 1.29 is 19.1 Å². The highest BCUT2D eigenvalue weighted by Crippen LogP contribution is 2.23. The molecule has 0 rings (SSSR count). The van der Waals surface area contributed by atoms with E-state index in [2.05, 4.69) is 0 Å². The van der Waals surface area contributed by atoms with Crippen LogP contribution in [0.1, 0.15) is 20.8 Å². The van der Waals surface area contributed by atoms with Gasteiger partial charge in [0.05, 0.1) is 0 Å². The molecule has 0 N–H and O–H groups in total. The zero-order valence-corrected chi connectivity index (χ0v) is 8.87. The van der Waals surface area contributed by atoms with Gasteiger partial charge < -0.3 is 9.47 Å². The van der Waals surface area contributed by atoms with Gasteiger partial charge in [-0.05, 0) is 0 Å². The summed E-state index contributed by atoms with van der Waals surface area (Å²) < 4.78 is 9.45.